The number of rotatable bonds is 2. The van der Waals surface area contributed by atoms with E-state index in [0.29, 0.717) is 5.92 Å². The van der Waals surface area contributed by atoms with Crippen LogP contribution < -0.4 is 5.32 Å². The molecule has 1 rings (SSSR count). The van der Waals surface area contributed by atoms with E-state index >= 15 is 0 Å². The molecule has 0 fully saturated rings. The van der Waals surface area contributed by atoms with Crippen molar-refractivity contribution in [2.24, 2.45) is 0 Å². The summed E-state index contributed by atoms with van der Waals surface area (Å²) in [7, 11) is 1.88. The van der Waals surface area contributed by atoms with Crippen molar-refractivity contribution < 1.29 is 0 Å². The normalized spacial score (nSPS) is 10.8. The molecule has 0 spiro atoms. The highest BCUT2D eigenvalue weighted by Gasteiger charge is 2.12. The van der Waals surface area contributed by atoms with Crippen LogP contribution in [0.1, 0.15) is 25.3 Å². The SMILES string of the molecule is CNc1cc(C(C)C)c(S)c(S)c1S. The van der Waals surface area contributed by atoms with Crippen LogP contribution in [0.15, 0.2) is 20.8 Å². The summed E-state index contributed by atoms with van der Waals surface area (Å²) in [6.45, 7) is 4.28. The van der Waals surface area contributed by atoms with Crippen molar-refractivity contribution in [1.29, 1.82) is 0 Å². The Morgan fingerprint density at radius 2 is 1.64 bits per heavy atom. The van der Waals surface area contributed by atoms with Gasteiger partial charge in [-0.25, -0.2) is 0 Å². The zero-order valence-corrected chi connectivity index (χ0v) is 11.2. The quantitative estimate of drug-likeness (QED) is 0.582. The molecule has 0 unspecified atom stereocenters. The fraction of sp³-hybridized carbons (Fsp3) is 0.400. The van der Waals surface area contributed by atoms with Crippen LogP contribution in [0.5, 0.6) is 0 Å². The van der Waals surface area contributed by atoms with Crippen LogP contribution in [0.2, 0.25) is 0 Å². The number of anilines is 1. The van der Waals surface area contributed by atoms with Gasteiger partial charge < -0.3 is 5.32 Å². The molecule has 0 atom stereocenters. The molecule has 1 aromatic carbocycles. The standard InChI is InChI=1S/C10H15NS3/c1-5(2)6-4-7(11-3)9(13)10(14)8(6)12/h4-5,11-14H,1-3H3. The van der Waals surface area contributed by atoms with E-state index < -0.39 is 0 Å². The van der Waals surface area contributed by atoms with E-state index in [1.807, 2.05) is 7.05 Å². The molecule has 0 aliphatic rings. The molecular formula is C10H15NS3. The Kier molecular flexibility index (Phi) is 4.10. The summed E-state index contributed by atoms with van der Waals surface area (Å²) in [5.74, 6) is 0.439. The average Bonchev–Trinajstić information content (AvgIpc) is 2.14. The largest absolute Gasteiger partial charge is 0.387 e. The van der Waals surface area contributed by atoms with Gasteiger partial charge in [0, 0.05) is 27.4 Å². The van der Waals surface area contributed by atoms with Crippen LogP contribution in [0, 0.1) is 0 Å². The second kappa shape index (κ2) is 4.73. The lowest BCUT2D eigenvalue weighted by Crippen LogP contribution is -1.97. The number of hydrogen-bond acceptors (Lipinski definition) is 4. The van der Waals surface area contributed by atoms with Gasteiger partial charge >= 0.3 is 0 Å². The molecule has 0 heterocycles. The van der Waals surface area contributed by atoms with Crippen molar-refractivity contribution in [3.05, 3.63) is 11.6 Å². The van der Waals surface area contributed by atoms with Gasteiger partial charge in [-0.1, -0.05) is 13.8 Å². The van der Waals surface area contributed by atoms with Crippen molar-refractivity contribution in [3.8, 4) is 0 Å². The maximum atomic E-state index is 4.45. The Labute approximate surface area is 102 Å². The Hall–Kier alpha value is 0.0700. The van der Waals surface area contributed by atoms with E-state index in [-0.39, 0.29) is 0 Å². The van der Waals surface area contributed by atoms with E-state index in [1.54, 1.807) is 0 Å². The number of nitrogens with one attached hydrogen (secondary N) is 1. The maximum Gasteiger partial charge on any atom is 0.0488 e. The van der Waals surface area contributed by atoms with E-state index in [9.17, 15) is 0 Å². The van der Waals surface area contributed by atoms with Crippen molar-refractivity contribution in [2.75, 3.05) is 12.4 Å². The fourth-order valence-corrected chi connectivity index (χ4v) is 2.36. The first-order valence-corrected chi connectivity index (χ1v) is 5.78. The predicted molar refractivity (Wildman–Crippen MR) is 71.8 cm³/mol. The Balaban J connectivity index is 3.40. The minimum absolute atomic E-state index is 0.439. The second-order valence-electron chi connectivity index (χ2n) is 3.46. The van der Waals surface area contributed by atoms with Crippen LogP contribution in [0.4, 0.5) is 5.69 Å². The summed E-state index contributed by atoms with van der Waals surface area (Å²) < 4.78 is 0. The third-order valence-corrected chi connectivity index (χ3v) is 3.91. The summed E-state index contributed by atoms with van der Waals surface area (Å²) in [5.41, 5.74) is 2.19. The van der Waals surface area contributed by atoms with Crippen molar-refractivity contribution in [3.63, 3.8) is 0 Å². The molecule has 0 aromatic heterocycles. The van der Waals surface area contributed by atoms with Crippen molar-refractivity contribution >= 4 is 43.6 Å². The van der Waals surface area contributed by atoms with Gasteiger partial charge in [0.2, 0.25) is 0 Å². The highest BCUT2D eigenvalue weighted by atomic mass is 32.1. The van der Waals surface area contributed by atoms with Crippen LogP contribution in [0.25, 0.3) is 0 Å². The first-order valence-electron chi connectivity index (χ1n) is 4.44. The van der Waals surface area contributed by atoms with E-state index in [2.05, 4.69) is 63.1 Å². The summed E-state index contributed by atoms with van der Waals surface area (Å²) in [6, 6.07) is 2.08. The van der Waals surface area contributed by atoms with Gasteiger partial charge in [-0.05, 0) is 17.5 Å². The highest BCUT2D eigenvalue weighted by molar-refractivity contribution is 7.85. The van der Waals surface area contributed by atoms with Gasteiger partial charge in [-0.15, -0.1) is 37.9 Å². The first-order chi connectivity index (χ1) is 6.49. The highest BCUT2D eigenvalue weighted by Crippen LogP contribution is 2.37. The first kappa shape index (κ1) is 12.1. The molecule has 1 N–H and O–H groups in total. The van der Waals surface area contributed by atoms with Gasteiger partial charge in [-0.3, -0.25) is 0 Å². The topological polar surface area (TPSA) is 12.0 Å². The van der Waals surface area contributed by atoms with Crippen LogP contribution in [0.3, 0.4) is 0 Å². The molecule has 1 aromatic rings. The molecule has 0 radical (unpaired) electrons. The van der Waals surface area contributed by atoms with E-state index in [0.717, 1.165) is 20.4 Å². The summed E-state index contributed by atoms with van der Waals surface area (Å²) in [5, 5.41) is 3.10. The molecule has 0 saturated heterocycles. The number of benzene rings is 1. The second-order valence-corrected chi connectivity index (χ2v) is 4.81. The molecule has 0 aliphatic carbocycles. The third kappa shape index (κ3) is 2.18. The lowest BCUT2D eigenvalue weighted by atomic mass is 10.0. The molecule has 1 nitrogen and oxygen atoms in total. The zero-order chi connectivity index (χ0) is 10.9. The lowest BCUT2D eigenvalue weighted by molar-refractivity contribution is 0.824. The van der Waals surface area contributed by atoms with Gasteiger partial charge in [0.15, 0.2) is 0 Å². The third-order valence-electron chi connectivity index (χ3n) is 2.17. The zero-order valence-electron chi connectivity index (χ0n) is 8.50. The van der Waals surface area contributed by atoms with E-state index in [1.165, 1.54) is 5.56 Å². The minimum atomic E-state index is 0.439. The average molecular weight is 245 g/mol. The Morgan fingerprint density at radius 1 is 1.07 bits per heavy atom. The smallest absolute Gasteiger partial charge is 0.0488 e. The van der Waals surface area contributed by atoms with Gasteiger partial charge in [0.05, 0.1) is 0 Å². The van der Waals surface area contributed by atoms with E-state index in [4.69, 9.17) is 0 Å². The summed E-state index contributed by atoms with van der Waals surface area (Å²) >= 11 is 13.2. The van der Waals surface area contributed by atoms with Gasteiger partial charge in [-0.2, -0.15) is 0 Å². The number of hydrogen-bond donors (Lipinski definition) is 4. The molecule has 4 heteroatoms. The van der Waals surface area contributed by atoms with Crippen LogP contribution in [-0.4, -0.2) is 7.05 Å². The predicted octanol–water partition coefficient (Wildman–Crippen LogP) is 3.72. The van der Waals surface area contributed by atoms with Crippen LogP contribution in [-0.2, 0) is 0 Å². The molecular weight excluding hydrogens is 230 g/mol. The Morgan fingerprint density at radius 3 is 2.07 bits per heavy atom. The van der Waals surface area contributed by atoms with Crippen molar-refractivity contribution in [2.45, 2.75) is 34.5 Å². The number of thiol groups is 3. The van der Waals surface area contributed by atoms with Crippen LogP contribution >= 0.6 is 37.9 Å². The molecule has 0 aliphatic heterocycles. The van der Waals surface area contributed by atoms with Crippen molar-refractivity contribution in [1.82, 2.24) is 0 Å². The molecule has 0 saturated carbocycles. The summed E-state index contributed by atoms with van der Waals surface area (Å²) in [4.78, 5) is 2.62. The molecule has 0 bridgehead atoms. The maximum absolute atomic E-state index is 4.45. The molecule has 14 heavy (non-hydrogen) atoms. The molecule has 0 amide bonds. The Bertz CT molecular complexity index is 348. The minimum Gasteiger partial charge on any atom is -0.387 e. The lowest BCUT2D eigenvalue weighted by Gasteiger charge is -2.16. The fourth-order valence-electron chi connectivity index (χ4n) is 1.30. The van der Waals surface area contributed by atoms with Gasteiger partial charge in [0.1, 0.15) is 0 Å². The summed E-state index contributed by atoms with van der Waals surface area (Å²) in [6.07, 6.45) is 0. The monoisotopic (exact) mass is 245 g/mol. The molecule has 78 valence electrons. The van der Waals surface area contributed by atoms with Gasteiger partial charge in [0.25, 0.3) is 0 Å².